The smallest absolute Gasteiger partial charge is 0.268 e. The maximum absolute atomic E-state index is 12.2. The standard InChI is InChI=1S/C14H20N2O2/c1-9(2)16-12-7-11(8-15-4)5-6-13(12)18-10(3)14(16)17/h5-7,9-10,15H,8H2,1-4H3. The van der Waals surface area contributed by atoms with E-state index in [1.54, 1.807) is 6.92 Å². The van der Waals surface area contributed by atoms with Gasteiger partial charge in [0.25, 0.3) is 5.91 Å². The molecule has 18 heavy (non-hydrogen) atoms. The summed E-state index contributed by atoms with van der Waals surface area (Å²) in [7, 11) is 1.91. The van der Waals surface area contributed by atoms with E-state index in [-0.39, 0.29) is 11.9 Å². The van der Waals surface area contributed by atoms with Gasteiger partial charge in [-0.25, -0.2) is 0 Å². The monoisotopic (exact) mass is 248 g/mol. The maximum Gasteiger partial charge on any atom is 0.268 e. The molecule has 0 bridgehead atoms. The predicted molar refractivity (Wildman–Crippen MR) is 71.9 cm³/mol. The fraction of sp³-hybridized carbons (Fsp3) is 0.500. The highest BCUT2D eigenvalue weighted by Crippen LogP contribution is 2.36. The molecule has 1 aliphatic rings. The Hall–Kier alpha value is -1.55. The van der Waals surface area contributed by atoms with E-state index in [1.165, 1.54) is 0 Å². The number of nitrogens with one attached hydrogen (secondary N) is 1. The number of rotatable bonds is 3. The predicted octanol–water partition coefficient (Wildman–Crippen LogP) is 1.93. The van der Waals surface area contributed by atoms with Crippen molar-refractivity contribution in [2.24, 2.45) is 0 Å². The zero-order chi connectivity index (χ0) is 13.3. The van der Waals surface area contributed by atoms with Crippen molar-refractivity contribution in [2.45, 2.75) is 39.5 Å². The summed E-state index contributed by atoms with van der Waals surface area (Å²) in [6, 6.07) is 6.12. The van der Waals surface area contributed by atoms with E-state index in [0.717, 1.165) is 23.5 Å². The van der Waals surface area contributed by atoms with Gasteiger partial charge in [-0.1, -0.05) is 6.07 Å². The van der Waals surface area contributed by atoms with Gasteiger partial charge in [-0.2, -0.15) is 0 Å². The van der Waals surface area contributed by atoms with Crippen LogP contribution in [0.2, 0.25) is 0 Å². The van der Waals surface area contributed by atoms with E-state index in [9.17, 15) is 4.79 Å². The average molecular weight is 248 g/mol. The Bertz CT molecular complexity index is 457. The van der Waals surface area contributed by atoms with Crippen LogP contribution in [0.15, 0.2) is 18.2 Å². The van der Waals surface area contributed by atoms with E-state index in [1.807, 2.05) is 44.0 Å². The average Bonchev–Trinajstić information content (AvgIpc) is 2.31. The van der Waals surface area contributed by atoms with Crippen molar-refractivity contribution in [3.63, 3.8) is 0 Å². The zero-order valence-electron chi connectivity index (χ0n) is 11.4. The number of fused-ring (bicyclic) bond motifs is 1. The van der Waals surface area contributed by atoms with Gasteiger partial charge in [0.1, 0.15) is 5.75 Å². The van der Waals surface area contributed by atoms with Crippen LogP contribution in [0.25, 0.3) is 0 Å². The van der Waals surface area contributed by atoms with Crippen LogP contribution < -0.4 is 15.0 Å². The second-order valence-corrected chi connectivity index (χ2v) is 4.89. The third kappa shape index (κ3) is 2.20. The third-order valence-electron chi connectivity index (χ3n) is 3.07. The summed E-state index contributed by atoms with van der Waals surface area (Å²) in [5.74, 6) is 0.815. The summed E-state index contributed by atoms with van der Waals surface area (Å²) in [6.07, 6.45) is -0.407. The minimum Gasteiger partial charge on any atom is -0.479 e. The third-order valence-corrected chi connectivity index (χ3v) is 3.07. The lowest BCUT2D eigenvalue weighted by molar-refractivity contribution is -0.125. The molecular weight excluding hydrogens is 228 g/mol. The zero-order valence-corrected chi connectivity index (χ0v) is 11.4. The highest BCUT2D eigenvalue weighted by molar-refractivity contribution is 6.00. The van der Waals surface area contributed by atoms with Crippen molar-refractivity contribution >= 4 is 11.6 Å². The minimum atomic E-state index is -0.407. The molecular formula is C14H20N2O2. The van der Waals surface area contributed by atoms with Crippen molar-refractivity contribution in [1.82, 2.24) is 5.32 Å². The first-order valence-corrected chi connectivity index (χ1v) is 6.32. The molecule has 0 aromatic heterocycles. The Kier molecular flexibility index (Phi) is 3.57. The number of amides is 1. The first-order chi connectivity index (χ1) is 8.54. The molecule has 1 heterocycles. The maximum atomic E-state index is 12.2. The molecule has 0 saturated heterocycles. The van der Waals surface area contributed by atoms with Crippen LogP contribution in [-0.2, 0) is 11.3 Å². The number of anilines is 1. The summed E-state index contributed by atoms with van der Waals surface area (Å²) < 4.78 is 5.65. The topological polar surface area (TPSA) is 41.6 Å². The Balaban J connectivity index is 2.45. The van der Waals surface area contributed by atoms with Gasteiger partial charge in [0, 0.05) is 12.6 Å². The summed E-state index contributed by atoms with van der Waals surface area (Å²) in [5, 5.41) is 3.11. The molecule has 1 N–H and O–H groups in total. The van der Waals surface area contributed by atoms with Crippen LogP contribution in [0.3, 0.4) is 0 Å². The first kappa shape index (κ1) is 12.9. The number of carbonyl (C=O) groups is 1. The number of carbonyl (C=O) groups excluding carboxylic acids is 1. The lowest BCUT2D eigenvalue weighted by Gasteiger charge is -2.36. The van der Waals surface area contributed by atoms with E-state index >= 15 is 0 Å². The molecule has 0 saturated carbocycles. The van der Waals surface area contributed by atoms with Crippen molar-refractivity contribution in [2.75, 3.05) is 11.9 Å². The molecule has 1 aromatic rings. The van der Waals surface area contributed by atoms with Crippen LogP contribution in [0.1, 0.15) is 26.3 Å². The molecule has 1 aliphatic heterocycles. The highest BCUT2D eigenvalue weighted by atomic mass is 16.5. The fourth-order valence-electron chi connectivity index (χ4n) is 2.25. The van der Waals surface area contributed by atoms with Gasteiger partial charge in [-0.15, -0.1) is 0 Å². The van der Waals surface area contributed by atoms with E-state index in [4.69, 9.17) is 4.74 Å². The molecule has 98 valence electrons. The van der Waals surface area contributed by atoms with Gasteiger partial charge in [0.15, 0.2) is 6.10 Å². The fourth-order valence-corrected chi connectivity index (χ4v) is 2.25. The molecule has 0 fully saturated rings. The summed E-state index contributed by atoms with van der Waals surface area (Å²) in [6.45, 7) is 6.61. The molecule has 0 radical (unpaired) electrons. The SMILES string of the molecule is CNCc1ccc2c(c1)N(C(C)C)C(=O)C(C)O2. The quantitative estimate of drug-likeness (QED) is 0.888. The first-order valence-electron chi connectivity index (χ1n) is 6.32. The van der Waals surface area contributed by atoms with Crippen LogP contribution in [0.5, 0.6) is 5.75 Å². The molecule has 4 nitrogen and oxygen atoms in total. The Labute approximate surface area is 108 Å². The van der Waals surface area contributed by atoms with Crippen LogP contribution >= 0.6 is 0 Å². The molecule has 1 unspecified atom stereocenters. The van der Waals surface area contributed by atoms with E-state index in [0.29, 0.717) is 0 Å². The molecule has 0 aliphatic carbocycles. The van der Waals surface area contributed by atoms with E-state index in [2.05, 4.69) is 5.32 Å². The van der Waals surface area contributed by atoms with Crippen molar-refractivity contribution in [3.05, 3.63) is 23.8 Å². The normalized spacial score (nSPS) is 18.8. The summed E-state index contributed by atoms with van der Waals surface area (Å²) in [5.41, 5.74) is 2.02. The Morgan fingerprint density at radius 3 is 2.78 bits per heavy atom. The number of hydrogen-bond donors (Lipinski definition) is 1. The van der Waals surface area contributed by atoms with Gasteiger partial charge in [-0.05, 0) is 45.5 Å². The van der Waals surface area contributed by atoms with Gasteiger partial charge in [0.05, 0.1) is 5.69 Å². The molecule has 1 aromatic carbocycles. The van der Waals surface area contributed by atoms with Crippen molar-refractivity contribution in [1.29, 1.82) is 0 Å². The van der Waals surface area contributed by atoms with Gasteiger partial charge in [0.2, 0.25) is 0 Å². The Morgan fingerprint density at radius 2 is 2.17 bits per heavy atom. The number of nitrogens with zero attached hydrogens (tertiary/aromatic N) is 1. The van der Waals surface area contributed by atoms with E-state index < -0.39 is 6.10 Å². The second kappa shape index (κ2) is 4.98. The summed E-state index contributed by atoms with van der Waals surface area (Å²) >= 11 is 0. The largest absolute Gasteiger partial charge is 0.479 e. The molecule has 1 amide bonds. The lowest BCUT2D eigenvalue weighted by Crippen LogP contribution is -2.47. The Morgan fingerprint density at radius 1 is 1.44 bits per heavy atom. The van der Waals surface area contributed by atoms with Crippen LogP contribution in [0.4, 0.5) is 5.69 Å². The highest BCUT2D eigenvalue weighted by Gasteiger charge is 2.33. The van der Waals surface area contributed by atoms with Gasteiger partial charge < -0.3 is 15.0 Å². The lowest BCUT2D eigenvalue weighted by atomic mass is 10.1. The summed E-state index contributed by atoms with van der Waals surface area (Å²) in [4.78, 5) is 14.0. The van der Waals surface area contributed by atoms with Crippen molar-refractivity contribution in [3.8, 4) is 5.75 Å². The number of hydrogen-bond acceptors (Lipinski definition) is 3. The number of benzene rings is 1. The molecule has 0 spiro atoms. The van der Waals surface area contributed by atoms with Crippen LogP contribution in [-0.4, -0.2) is 25.1 Å². The minimum absolute atomic E-state index is 0.0270. The molecule has 2 rings (SSSR count). The van der Waals surface area contributed by atoms with Crippen molar-refractivity contribution < 1.29 is 9.53 Å². The van der Waals surface area contributed by atoms with Gasteiger partial charge in [-0.3, -0.25) is 4.79 Å². The molecule has 4 heteroatoms. The number of ether oxygens (including phenoxy) is 1. The molecule has 1 atom stereocenters. The second-order valence-electron chi connectivity index (χ2n) is 4.89. The van der Waals surface area contributed by atoms with Crippen LogP contribution in [0, 0.1) is 0 Å². The van der Waals surface area contributed by atoms with Gasteiger partial charge >= 0.3 is 0 Å².